The van der Waals surface area contributed by atoms with Crippen LogP contribution in [0.15, 0.2) is 18.2 Å². The van der Waals surface area contributed by atoms with E-state index in [1.165, 1.54) is 4.90 Å². The first-order valence-electron chi connectivity index (χ1n) is 6.40. The summed E-state index contributed by atoms with van der Waals surface area (Å²) in [6.07, 6.45) is -4.12. The largest absolute Gasteiger partial charge is 0.419 e. The third-order valence-corrected chi connectivity index (χ3v) is 3.24. The van der Waals surface area contributed by atoms with Gasteiger partial charge in [0.2, 0.25) is 0 Å². The monoisotopic (exact) mass is 291 g/mol. The van der Waals surface area contributed by atoms with Crippen LogP contribution in [0.4, 0.5) is 17.6 Å². The Labute approximate surface area is 115 Å². The van der Waals surface area contributed by atoms with E-state index in [1.807, 2.05) is 13.8 Å². The molecule has 0 N–H and O–H groups in total. The minimum Gasteiger partial charge on any atom is -0.336 e. The molecule has 0 aliphatic carbocycles. The van der Waals surface area contributed by atoms with Crippen LogP contribution in [-0.4, -0.2) is 23.4 Å². The van der Waals surface area contributed by atoms with Gasteiger partial charge >= 0.3 is 6.18 Å². The zero-order chi connectivity index (χ0) is 15.5. The Morgan fingerprint density at radius 1 is 1.30 bits per heavy atom. The molecule has 1 aromatic rings. The average molecular weight is 291 g/mol. The Morgan fingerprint density at radius 2 is 1.90 bits per heavy atom. The highest BCUT2D eigenvalue weighted by Gasteiger charge is 2.35. The quantitative estimate of drug-likeness (QED) is 0.765. The van der Waals surface area contributed by atoms with Gasteiger partial charge in [0.1, 0.15) is 5.82 Å². The topological polar surface area (TPSA) is 20.3 Å². The standard InChI is InChI=1S/C14H17F4NO/c1-4-9(3)19(5-2)13(20)10-6-7-12(15)11(8-10)14(16,17)18/h6-9H,4-5H2,1-3H3. The van der Waals surface area contributed by atoms with Gasteiger partial charge in [0.25, 0.3) is 5.91 Å². The average Bonchev–Trinajstić information content (AvgIpc) is 2.38. The second-order valence-electron chi connectivity index (χ2n) is 4.54. The summed E-state index contributed by atoms with van der Waals surface area (Å²) in [7, 11) is 0. The molecule has 0 radical (unpaired) electrons. The van der Waals surface area contributed by atoms with Crippen molar-refractivity contribution in [2.24, 2.45) is 0 Å². The third kappa shape index (κ3) is 3.49. The van der Waals surface area contributed by atoms with E-state index < -0.39 is 23.5 Å². The molecule has 0 heterocycles. The van der Waals surface area contributed by atoms with E-state index in [0.717, 1.165) is 6.07 Å². The lowest BCUT2D eigenvalue weighted by atomic mass is 10.1. The van der Waals surface area contributed by atoms with Crippen LogP contribution in [0.1, 0.15) is 43.1 Å². The fraction of sp³-hybridized carbons (Fsp3) is 0.500. The molecule has 2 nitrogen and oxygen atoms in total. The maximum absolute atomic E-state index is 13.2. The molecule has 0 aliphatic rings. The van der Waals surface area contributed by atoms with Gasteiger partial charge in [-0.05, 0) is 38.5 Å². The number of halogens is 4. The van der Waals surface area contributed by atoms with Crippen LogP contribution in [0.25, 0.3) is 0 Å². The van der Waals surface area contributed by atoms with Crippen LogP contribution in [0.5, 0.6) is 0 Å². The Hall–Kier alpha value is -1.59. The minimum absolute atomic E-state index is 0.0908. The number of alkyl halides is 3. The van der Waals surface area contributed by atoms with Crippen LogP contribution in [0.2, 0.25) is 0 Å². The molecule has 0 saturated heterocycles. The van der Waals surface area contributed by atoms with Gasteiger partial charge in [-0.25, -0.2) is 4.39 Å². The smallest absolute Gasteiger partial charge is 0.336 e. The summed E-state index contributed by atoms with van der Waals surface area (Å²) in [5, 5.41) is 0. The number of rotatable bonds is 4. The number of hydrogen-bond donors (Lipinski definition) is 0. The highest BCUT2D eigenvalue weighted by molar-refractivity contribution is 5.94. The minimum atomic E-state index is -4.81. The van der Waals surface area contributed by atoms with Crippen molar-refractivity contribution < 1.29 is 22.4 Å². The van der Waals surface area contributed by atoms with Gasteiger partial charge in [0.15, 0.2) is 0 Å². The van der Waals surface area contributed by atoms with Gasteiger partial charge in [0, 0.05) is 18.2 Å². The van der Waals surface area contributed by atoms with E-state index in [9.17, 15) is 22.4 Å². The van der Waals surface area contributed by atoms with E-state index in [2.05, 4.69) is 0 Å². The zero-order valence-corrected chi connectivity index (χ0v) is 11.6. The highest BCUT2D eigenvalue weighted by atomic mass is 19.4. The number of carbonyl (C=O) groups is 1. The molecule has 0 bridgehead atoms. The van der Waals surface area contributed by atoms with Crippen LogP contribution in [-0.2, 0) is 6.18 Å². The lowest BCUT2D eigenvalue weighted by Gasteiger charge is -2.27. The van der Waals surface area contributed by atoms with Gasteiger partial charge in [-0.15, -0.1) is 0 Å². The number of nitrogens with zero attached hydrogens (tertiary/aromatic N) is 1. The molecule has 20 heavy (non-hydrogen) atoms. The predicted molar refractivity (Wildman–Crippen MR) is 67.9 cm³/mol. The number of carbonyl (C=O) groups excluding carboxylic acids is 1. The predicted octanol–water partition coefficient (Wildman–Crippen LogP) is 4.11. The molecular formula is C14H17F4NO. The van der Waals surface area contributed by atoms with Crippen molar-refractivity contribution in [2.45, 2.75) is 39.4 Å². The Morgan fingerprint density at radius 3 is 2.35 bits per heavy atom. The highest BCUT2D eigenvalue weighted by Crippen LogP contribution is 2.32. The fourth-order valence-corrected chi connectivity index (χ4v) is 1.92. The maximum atomic E-state index is 13.2. The van der Waals surface area contributed by atoms with Crippen molar-refractivity contribution in [3.8, 4) is 0 Å². The van der Waals surface area contributed by atoms with Crippen molar-refractivity contribution in [1.29, 1.82) is 0 Å². The zero-order valence-electron chi connectivity index (χ0n) is 11.6. The molecule has 1 atom stereocenters. The van der Waals surface area contributed by atoms with Gasteiger partial charge in [-0.2, -0.15) is 13.2 Å². The van der Waals surface area contributed by atoms with Crippen LogP contribution in [0, 0.1) is 5.82 Å². The summed E-state index contributed by atoms with van der Waals surface area (Å²) in [4.78, 5) is 13.7. The molecule has 1 amide bonds. The lowest BCUT2D eigenvalue weighted by molar-refractivity contribution is -0.140. The van der Waals surface area contributed by atoms with Gasteiger partial charge in [-0.1, -0.05) is 6.92 Å². The lowest BCUT2D eigenvalue weighted by Crippen LogP contribution is -2.38. The van der Waals surface area contributed by atoms with E-state index in [0.29, 0.717) is 25.1 Å². The normalized spacial score (nSPS) is 13.2. The molecular weight excluding hydrogens is 274 g/mol. The summed E-state index contributed by atoms with van der Waals surface area (Å²) in [6.45, 7) is 5.83. The molecule has 112 valence electrons. The Balaban J connectivity index is 3.17. The Kier molecular flexibility index (Phi) is 5.14. The molecule has 6 heteroatoms. The summed E-state index contributed by atoms with van der Waals surface area (Å²) in [5.41, 5.74) is -1.57. The maximum Gasteiger partial charge on any atom is 0.419 e. The van der Waals surface area contributed by atoms with E-state index in [-0.39, 0.29) is 11.6 Å². The van der Waals surface area contributed by atoms with Crippen molar-refractivity contribution >= 4 is 5.91 Å². The first-order valence-corrected chi connectivity index (χ1v) is 6.40. The van der Waals surface area contributed by atoms with Crippen molar-refractivity contribution in [2.75, 3.05) is 6.54 Å². The molecule has 0 aromatic heterocycles. The van der Waals surface area contributed by atoms with Gasteiger partial charge in [-0.3, -0.25) is 4.79 Å². The molecule has 1 unspecified atom stereocenters. The summed E-state index contributed by atoms with van der Waals surface area (Å²) in [5.74, 6) is -1.90. The molecule has 0 fully saturated rings. The van der Waals surface area contributed by atoms with E-state index in [4.69, 9.17) is 0 Å². The Bertz CT molecular complexity index is 485. The molecule has 0 spiro atoms. The van der Waals surface area contributed by atoms with Crippen LogP contribution in [0.3, 0.4) is 0 Å². The van der Waals surface area contributed by atoms with Crippen LogP contribution >= 0.6 is 0 Å². The first kappa shape index (κ1) is 16.5. The van der Waals surface area contributed by atoms with Crippen molar-refractivity contribution in [3.63, 3.8) is 0 Å². The van der Waals surface area contributed by atoms with E-state index in [1.54, 1.807) is 6.92 Å². The fourth-order valence-electron chi connectivity index (χ4n) is 1.92. The molecule has 1 aromatic carbocycles. The molecule has 1 rings (SSSR count). The van der Waals surface area contributed by atoms with Gasteiger partial charge in [0.05, 0.1) is 5.56 Å². The summed E-state index contributed by atoms with van der Waals surface area (Å²) < 4.78 is 51.1. The third-order valence-electron chi connectivity index (χ3n) is 3.24. The molecule has 0 aliphatic heterocycles. The van der Waals surface area contributed by atoms with Gasteiger partial charge < -0.3 is 4.90 Å². The summed E-state index contributed by atoms with van der Waals surface area (Å²) in [6, 6.07) is 2.24. The molecule has 0 saturated carbocycles. The summed E-state index contributed by atoms with van der Waals surface area (Å²) >= 11 is 0. The second-order valence-corrected chi connectivity index (χ2v) is 4.54. The first-order chi connectivity index (χ1) is 9.22. The number of benzene rings is 1. The number of amides is 1. The SMILES string of the molecule is CCC(C)N(CC)C(=O)c1ccc(F)c(C(F)(F)F)c1. The second kappa shape index (κ2) is 6.24. The van der Waals surface area contributed by atoms with Crippen molar-refractivity contribution in [3.05, 3.63) is 35.1 Å². The van der Waals surface area contributed by atoms with Crippen molar-refractivity contribution in [1.82, 2.24) is 4.90 Å². The van der Waals surface area contributed by atoms with Crippen LogP contribution < -0.4 is 0 Å². The van der Waals surface area contributed by atoms with E-state index >= 15 is 0 Å². The number of hydrogen-bond acceptors (Lipinski definition) is 1.